The maximum absolute atomic E-state index is 12.3. The fraction of sp³-hybridized carbons (Fsp3) is 0.214. The number of amides is 1. The molecule has 2 aromatic rings. The van der Waals surface area contributed by atoms with Gasteiger partial charge in [0.25, 0.3) is 11.5 Å². The van der Waals surface area contributed by atoms with Gasteiger partial charge in [0, 0.05) is 18.3 Å². The van der Waals surface area contributed by atoms with Gasteiger partial charge >= 0.3 is 11.9 Å². The number of carbonyl (C=O) groups excluding carboxylic acids is 1. The third kappa shape index (κ3) is 4.63. The van der Waals surface area contributed by atoms with Crippen LogP contribution in [0.4, 0.5) is 18.9 Å². The number of benzene rings is 1. The monoisotopic (exact) mass is 377 g/mol. The van der Waals surface area contributed by atoms with E-state index in [2.05, 4.69) is 15.0 Å². The van der Waals surface area contributed by atoms with E-state index in [1.54, 1.807) is 0 Å². The molecule has 0 spiro atoms. The molecule has 0 aliphatic rings. The van der Waals surface area contributed by atoms with Crippen LogP contribution >= 0.6 is 11.6 Å². The molecule has 25 heavy (non-hydrogen) atoms. The van der Waals surface area contributed by atoms with E-state index < -0.39 is 35.5 Å². The second-order valence-corrected chi connectivity index (χ2v) is 5.31. The predicted molar refractivity (Wildman–Crippen MR) is 83.3 cm³/mol. The molecule has 0 bridgehead atoms. The number of rotatable bonds is 4. The molecule has 0 aliphatic heterocycles. The molecule has 0 unspecified atom stereocenters. The lowest BCUT2D eigenvalue weighted by atomic mass is 10.2. The number of halogens is 4. The molecule has 1 amide bonds. The van der Waals surface area contributed by atoms with Crippen molar-refractivity contribution in [1.82, 2.24) is 9.55 Å². The van der Waals surface area contributed by atoms with Crippen LogP contribution in [0, 0.1) is 0 Å². The third-order valence-electron chi connectivity index (χ3n) is 3.01. The van der Waals surface area contributed by atoms with Crippen LogP contribution < -0.4 is 21.3 Å². The maximum atomic E-state index is 12.3. The van der Waals surface area contributed by atoms with Crippen molar-refractivity contribution in [2.24, 2.45) is 7.05 Å². The number of nitrogens with zero attached hydrogens (tertiary/aromatic N) is 1. The van der Waals surface area contributed by atoms with Gasteiger partial charge in [-0.3, -0.25) is 14.2 Å². The minimum Gasteiger partial charge on any atom is -0.482 e. The van der Waals surface area contributed by atoms with Crippen molar-refractivity contribution in [3.63, 3.8) is 0 Å². The first-order chi connectivity index (χ1) is 11.6. The molecule has 7 nitrogen and oxygen atoms in total. The van der Waals surface area contributed by atoms with Crippen LogP contribution in [0.5, 0.6) is 5.75 Å². The summed E-state index contributed by atoms with van der Waals surface area (Å²) in [4.78, 5) is 37.6. The molecule has 0 aliphatic carbocycles. The zero-order valence-corrected chi connectivity index (χ0v) is 13.4. The highest BCUT2D eigenvalue weighted by molar-refractivity contribution is 6.31. The van der Waals surface area contributed by atoms with Crippen molar-refractivity contribution in [2.45, 2.75) is 6.18 Å². The van der Waals surface area contributed by atoms with E-state index in [1.165, 1.54) is 12.1 Å². The molecule has 0 saturated heterocycles. The van der Waals surface area contributed by atoms with E-state index in [0.717, 1.165) is 19.3 Å². The molecule has 1 aromatic heterocycles. The molecule has 0 saturated carbocycles. The zero-order valence-electron chi connectivity index (χ0n) is 12.6. The standard InChI is InChI=1S/C14H11ClF3N3O4/c1-21-12(23)8(5-19-13(21)24)11(22)20-9-4-7(15)2-3-10(9)25-6-14(16,17)18/h2-5H,6H2,1H3,(H,19,24)(H,20,22). The molecule has 1 aromatic carbocycles. The summed E-state index contributed by atoms with van der Waals surface area (Å²) in [6.45, 7) is -1.57. The summed E-state index contributed by atoms with van der Waals surface area (Å²) < 4.78 is 42.2. The lowest BCUT2D eigenvalue weighted by Crippen LogP contribution is -2.37. The normalized spacial score (nSPS) is 11.2. The smallest absolute Gasteiger partial charge is 0.422 e. The Labute approximate surface area is 143 Å². The van der Waals surface area contributed by atoms with Crippen molar-refractivity contribution in [2.75, 3.05) is 11.9 Å². The SMILES string of the molecule is Cn1c(=O)[nH]cc(C(=O)Nc2cc(Cl)ccc2OCC(F)(F)F)c1=O. The Hall–Kier alpha value is -2.75. The first kappa shape index (κ1) is 18.6. The first-order valence-electron chi connectivity index (χ1n) is 6.67. The lowest BCUT2D eigenvalue weighted by molar-refractivity contribution is -0.153. The summed E-state index contributed by atoms with van der Waals surface area (Å²) in [6.07, 6.45) is -3.67. The number of hydrogen-bond donors (Lipinski definition) is 2. The van der Waals surface area contributed by atoms with E-state index in [9.17, 15) is 27.6 Å². The van der Waals surface area contributed by atoms with Crippen LogP contribution in [-0.4, -0.2) is 28.2 Å². The molecule has 2 rings (SSSR count). The Morgan fingerprint density at radius 2 is 2.04 bits per heavy atom. The van der Waals surface area contributed by atoms with Gasteiger partial charge in [-0.15, -0.1) is 0 Å². The predicted octanol–water partition coefficient (Wildman–Crippen LogP) is 1.92. The number of alkyl halides is 3. The highest BCUT2D eigenvalue weighted by Gasteiger charge is 2.29. The number of carbonyl (C=O) groups is 1. The van der Waals surface area contributed by atoms with Gasteiger partial charge < -0.3 is 15.0 Å². The average Bonchev–Trinajstić information content (AvgIpc) is 2.51. The molecule has 11 heteroatoms. The molecule has 0 atom stereocenters. The van der Waals surface area contributed by atoms with Gasteiger partial charge in [0.1, 0.15) is 11.3 Å². The molecule has 1 heterocycles. The van der Waals surface area contributed by atoms with E-state index in [1.807, 2.05) is 0 Å². The zero-order chi connectivity index (χ0) is 18.8. The van der Waals surface area contributed by atoms with Crippen LogP contribution in [-0.2, 0) is 7.05 Å². The molecule has 2 N–H and O–H groups in total. The van der Waals surface area contributed by atoms with Crippen molar-refractivity contribution in [1.29, 1.82) is 0 Å². The first-order valence-corrected chi connectivity index (χ1v) is 7.05. The quantitative estimate of drug-likeness (QED) is 0.851. The highest BCUT2D eigenvalue weighted by Crippen LogP contribution is 2.29. The van der Waals surface area contributed by atoms with Crippen LogP contribution in [0.25, 0.3) is 0 Å². The number of anilines is 1. The molecule has 0 fully saturated rings. The Kier molecular flexibility index (Phi) is 5.21. The number of hydrogen-bond acceptors (Lipinski definition) is 4. The topological polar surface area (TPSA) is 93.2 Å². The summed E-state index contributed by atoms with van der Waals surface area (Å²) in [5.41, 5.74) is -2.17. The summed E-state index contributed by atoms with van der Waals surface area (Å²) in [5, 5.41) is 2.37. The van der Waals surface area contributed by atoms with Crippen LogP contribution in [0.2, 0.25) is 5.02 Å². The largest absolute Gasteiger partial charge is 0.482 e. The van der Waals surface area contributed by atoms with Crippen LogP contribution in [0.3, 0.4) is 0 Å². The Morgan fingerprint density at radius 1 is 1.36 bits per heavy atom. The van der Waals surface area contributed by atoms with Gasteiger partial charge in [0.15, 0.2) is 6.61 Å². The van der Waals surface area contributed by atoms with E-state index in [-0.39, 0.29) is 16.5 Å². The van der Waals surface area contributed by atoms with E-state index >= 15 is 0 Å². The fourth-order valence-corrected chi connectivity index (χ4v) is 1.98. The number of nitrogens with one attached hydrogen (secondary N) is 2. The van der Waals surface area contributed by atoms with Crippen LogP contribution in [0.1, 0.15) is 10.4 Å². The van der Waals surface area contributed by atoms with E-state index in [0.29, 0.717) is 4.57 Å². The van der Waals surface area contributed by atoms with Gasteiger partial charge in [-0.2, -0.15) is 13.2 Å². The van der Waals surface area contributed by atoms with Crippen molar-refractivity contribution < 1.29 is 22.7 Å². The number of aromatic nitrogens is 2. The Bertz CT molecular complexity index is 921. The molecular weight excluding hydrogens is 367 g/mol. The van der Waals surface area contributed by atoms with Crippen LogP contribution in [0.15, 0.2) is 34.0 Å². The Balaban J connectivity index is 2.32. The van der Waals surface area contributed by atoms with Crippen molar-refractivity contribution >= 4 is 23.2 Å². The van der Waals surface area contributed by atoms with E-state index in [4.69, 9.17) is 11.6 Å². The van der Waals surface area contributed by atoms with Crippen molar-refractivity contribution in [3.05, 3.63) is 55.8 Å². The Morgan fingerprint density at radius 3 is 2.68 bits per heavy atom. The second-order valence-electron chi connectivity index (χ2n) is 4.87. The third-order valence-corrected chi connectivity index (χ3v) is 3.24. The molecular formula is C14H11ClF3N3O4. The van der Waals surface area contributed by atoms with Gasteiger partial charge in [-0.05, 0) is 18.2 Å². The summed E-state index contributed by atoms with van der Waals surface area (Å²) in [5.74, 6) is -1.23. The minimum atomic E-state index is -4.57. The summed E-state index contributed by atoms with van der Waals surface area (Å²) in [6, 6.07) is 3.60. The highest BCUT2D eigenvalue weighted by atomic mass is 35.5. The summed E-state index contributed by atoms with van der Waals surface area (Å²) >= 11 is 5.77. The van der Waals surface area contributed by atoms with Gasteiger partial charge in [0.05, 0.1) is 5.69 Å². The molecule has 134 valence electrons. The number of ether oxygens (including phenoxy) is 1. The van der Waals surface area contributed by atoms with Crippen molar-refractivity contribution in [3.8, 4) is 5.75 Å². The lowest BCUT2D eigenvalue weighted by Gasteiger charge is -2.14. The van der Waals surface area contributed by atoms with Gasteiger partial charge in [-0.1, -0.05) is 11.6 Å². The molecule has 0 radical (unpaired) electrons. The minimum absolute atomic E-state index is 0.129. The summed E-state index contributed by atoms with van der Waals surface area (Å²) in [7, 11) is 1.16. The average molecular weight is 378 g/mol. The second kappa shape index (κ2) is 7.01. The van der Waals surface area contributed by atoms with Gasteiger partial charge in [0.2, 0.25) is 0 Å². The number of aromatic amines is 1. The maximum Gasteiger partial charge on any atom is 0.422 e. The van der Waals surface area contributed by atoms with Gasteiger partial charge in [-0.25, -0.2) is 4.79 Å². The fourth-order valence-electron chi connectivity index (χ4n) is 1.80. The number of H-pyrrole nitrogens is 1.